The number of aryl methyl sites for hydroxylation is 3. The van der Waals surface area contributed by atoms with E-state index in [1.165, 1.54) is 11.3 Å². The predicted octanol–water partition coefficient (Wildman–Crippen LogP) is 4.26. The van der Waals surface area contributed by atoms with Gasteiger partial charge in [-0.3, -0.25) is 14.3 Å². The normalized spacial score (nSPS) is 15.7. The minimum absolute atomic E-state index is 0.0336. The highest BCUT2D eigenvalue weighted by Gasteiger charge is 2.33. The average Bonchev–Trinajstić information content (AvgIpc) is 3.55. The monoisotopic (exact) mass is 491 g/mol. The second kappa shape index (κ2) is 9.23. The highest BCUT2D eigenvalue weighted by atomic mass is 32.2. The van der Waals surface area contributed by atoms with Crippen molar-refractivity contribution in [3.05, 3.63) is 69.7 Å². The van der Waals surface area contributed by atoms with E-state index in [4.69, 9.17) is 0 Å². The van der Waals surface area contributed by atoms with Gasteiger partial charge in [-0.25, -0.2) is 4.98 Å². The van der Waals surface area contributed by atoms with Gasteiger partial charge in [0.1, 0.15) is 4.88 Å². The first-order valence-electron chi connectivity index (χ1n) is 11.1. The van der Waals surface area contributed by atoms with Crippen molar-refractivity contribution < 1.29 is 9.59 Å². The Labute approximate surface area is 206 Å². The first-order valence-corrected chi connectivity index (χ1v) is 13.0. The minimum atomic E-state index is -0.227. The number of para-hydroxylation sites is 1. The number of hydrogen-bond acceptors (Lipinski definition) is 6. The largest absolute Gasteiger partial charge is 0.349 e. The molecule has 0 radical (unpaired) electrons. The molecule has 1 N–H and O–H groups in total. The zero-order chi connectivity index (χ0) is 23.8. The lowest BCUT2D eigenvalue weighted by Crippen LogP contribution is -2.44. The van der Waals surface area contributed by atoms with Crippen molar-refractivity contribution in [2.75, 3.05) is 18.2 Å². The van der Waals surface area contributed by atoms with Gasteiger partial charge in [0.15, 0.2) is 5.69 Å². The molecule has 3 heterocycles. The fourth-order valence-corrected chi connectivity index (χ4v) is 6.26. The molecule has 0 spiro atoms. The number of fused-ring (bicyclic) bond motifs is 1. The molecule has 0 saturated carbocycles. The first-order chi connectivity index (χ1) is 16.4. The van der Waals surface area contributed by atoms with Crippen LogP contribution in [0.2, 0.25) is 0 Å². The van der Waals surface area contributed by atoms with Gasteiger partial charge in [-0.15, -0.1) is 23.1 Å². The Bertz CT molecular complexity index is 1380. The fraction of sp³-hybridized carbons (Fsp3) is 0.280. The van der Waals surface area contributed by atoms with Crippen LogP contribution in [0.4, 0.5) is 0 Å². The van der Waals surface area contributed by atoms with Crippen LogP contribution in [-0.4, -0.2) is 55.7 Å². The third-order valence-corrected chi connectivity index (χ3v) is 8.01. The molecule has 1 aliphatic rings. The summed E-state index contributed by atoms with van der Waals surface area (Å²) in [7, 11) is 1.83. The molecule has 1 saturated heterocycles. The Morgan fingerprint density at radius 2 is 1.88 bits per heavy atom. The van der Waals surface area contributed by atoms with Crippen LogP contribution in [0.25, 0.3) is 22.2 Å². The molecule has 1 fully saturated rings. The summed E-state index contributed by atoms with van der Waals surface area (Å²) in [5.74, 6) is 1.10. The number of thiazole rings is 1. The van der Waals surface area contributed by atoms with E-state index in [-0.39, 0.29) is 17.9 Å². The maximum absolute atomic E-state index is 13.6. The zero-order valence-corrected chi connectivity index (χ0v) is 20.9. The van der Waals surface area contributed by atoms with Gasteiger partial charge in [-0.05, 0) is 19.9 Å². The molecule has 2 aromatic heterocycles. The molecule has 2 aromatic carbocycles. The quantitative estimate of drug-likeness (QED) is 0.451. The van der Waals surface area contributed by atoms with E-state index >= 15 is 0 Å². The summed E-state index contributed by atoms with van der Waals surface area (Å²) in [6.45, 7) is 4.34. The van der Waals surface area contributed by atoms with Crippen molar-refractivity contribution in [1.29, 1.82) is 0 Å². The molecule has 7 nitrogen and oxygen atoms in total. The summed E-state index contributed by atoms with van der Waals surface area (Å²) < 4.78 is 1.71. The first kappa shape index (κ1) is 22.6. The molecule has 9 heteroatoms. The van der Waals surface area contributed by atoms with Crippen molar-refractivity contribution in [3.8, 4) is 11.3 Å². The van der Waals surface area contributed by atoms with E-state index in [1.807, 2.05) is 74.3 Å². The summed E-state index contributed by atoms with van der Waals surface area (Å²) in [6, 6.07) is 15.7. The van der Waals surface area contributed by atoms with E-state index < -0.39 is 0 Å². The van der Waals surface area contributed by atoms with Crippen molar-refractivity contribution in [1.82, 2.24) is 25.0 Å². The number of carbonyl (C=O) groups is 2. The summed E-state index contributed by atoms with van der Waals surface area (Å²) >= 11 is 3.12. The smallest absolute Gasteiger partial charge is 0.272 e. The molecule has 5 rings (SSSR count). The molecular formula is C25H25N5O2S2. The third-order valence-electron chi connectivity index (χ3n) is 5.97. The Morgan fingerprint density at radius 3 is 2.68 bits per heavy atom. The van der Waals surface area contributed by atoms with Gasteiger partial charge in [0.2, 0.25) is 0 Å². The molecule has 4 aromatic rings. The predicted molar refractivity (Wildman–Crippen MR) is 137 cm³/mol. The highest BCUT2D eigenvalue weighted by molar-refractivity contribution is 7.99. The van der Waals surface area contributed by atoms with Crippen molar-refractivity contribution in [2.24, 2.45) is 7.05 Å². The van der Waals surface area contributed by atoms with Crippen LogP contribution < -0.4 is 5.32 Å². The van der Waals surface area contributed by atoms with Gasteiger partial charge in [0.25, 0.3) is 11.8 Å². The van der Waals surface area contributed by atoms with E-state index in [9.17, 15) is 9.59 Å². The molecule has 0 bridgehead atoms. The summed E-state index contributed by atoms with van der Waals surface area (Å²) in [5, 5.41) is 9.09. The second-order valence-corrected chi connectivity index (χ2v) is 10.6. The van der Waals surface area contributed by atoms with Gasteiger partial charge in [0.05, 0.1) is 28.1 Å². The number of thioether (sulfide) groups is 1. The molecule has 34 heavy (non-hydrogen) atoms. The van der Waals surface area contributed by atoms with Crippen LogP contribution in [0.15, 0.2) is 48.5 Å². The molecule has 174 valence electrons. The number of hydrogen-bond donors (Lipinski definition) is 1. The number of nitrogens with one attached hydrogen (secondary N) is 1. The van der Waals surface area contributed by atoms with Gasteiger partial charge in [-0.1, -0.05) is 48.0 Å². The maximum atomic E-state index is 13.6. The second-order valence-electron chi connectivity index (χ2n) is 8.40. The maximum Gasteiger partial charge on any atom is 0.272 e. The highest BCUT2D eigenvalue weighted by Crippen LogP contribution is 2.32. The summed E-state index contributed by atoms with van der Waals surface area (Å²) in [6.07, 6.45) is 0. The van der Waals surface area contributed by atoms with Crippen LogP contribution in [0, 0.1) is 13.8 Å². The number of nitrogens with zero attached hydrogens (tertiary/aromatic N) is 4. The van der Waals surface area contributed by atoms with Crippen LogP contribution in [0.5, 0.6) is 0 Å². The van der Waals surface area contributed by atoms with Gasteiger partial charge >= 0.3 is 0 Å². The average molecular weight is 492 g/mol. The van der Waals surface area contributed by atoms with Gasteiger partial charge in [-0.2, -0.15) is 5.10 Å². The summed E-state index contributed by atoms with van der Waals surface area (Å²) in [4.78, 5) is 33.7. The number of benzene rings is 2. The van der Waals surface area contributed by atoms with E-state index in [2.05, 4.69) is 15.4 Å². The summed E-state index contributed by atoms with van der Waals surface area (Å²) in [5.41, 5.74) is 4.15. The Kier molecular flexibility index (Phi) is 6.14. The SMILES string of the molecule is Cc1ccc(-c2nc(C)sc2C(=O)N2CSC[C@H]2CNC(=O)c2nn(C)c3ccccc23)cc1. The van der Waals surface area contributed by atoms with Crippen molar-refractivity contribution in [3.63, 3.8) is 0 Å². The standard InChI is InChI=1S/C25H25N5O2S2/c1-15-8-10-17(11-9-15)21-23(34-16(2)27-21)25(32)30-14-33-13-18(30)12-26-24(31)22-19-6-4-5-7-20(19)29(3)28-22/h4-11,18H,12-14H2,1-3H3,(H,26,31)/t18-/m1/s1. The van der Waals surface area contributed by atoms with Gasteiger partial charge < -0.3 is 10.2 Å². The minimum Gasteiger partial charge on any atom is -0.349 e. The number of carbonyl (C=O) groups excluding carboxylic acids is 2. The lowest BCUT2D eigenvalue weighted by Gasteiger charge is -2.23. The number of aromatic nitrogens is 3. The Balaban J connectivity index is 1.33. The zero-order valence-electron chi connectivity index (χ0n) is 19.2. The molecular weight excluding hydrogens is 466 g/mol. The van der Waals surface area contributed by atoms with Crippen molar-refractivity contribution in [2.45, 2.75) is 19.9 Å². The lowest BCUT2D eigenvalue weighted by molar-refractivity contribution is 0.0740. The number of amides is 2. The molecule has 1 atom stereocenters. The van der Waals surface area contributed by atoms with Crippen LogP contribution in [0.3, 0.4) is 0 Å². The number of rotatable bonds is 5. The van der Waals surface area contributed by atoms with Crippen LogP contribution in [-0.2, 0) is 7.05 Å². The topological polar surface area (TPSA) is 80.1 Å². The Morgan fingerprint density at radius 1 is 1.12 bits per heavy atom. The van der Waals surface area contributed by atoms with Gasteiger partial charge in [0, 0.05) is 30.3 Å². The van der Waals surface area contributed by atoms with E-state index in [1.54, 1.807) is 16.4 Å². The molecule has 0 aliphatic carbocycles. The fourth-order valence-electron chi connectivity index (χ4n) is 4.16. The van der Waals surface area contributed by atoms with E-state index in [0.717, 1.165) is 38.5 Å². The molecule has 1 aliphatic heterocycles. The van der Waals surface area contributed by atoms with Crippen molar-refractivity contribution >= 4 is 45.8 Å². The Hall–Kier alpha value is -3.17. The van der Waals surface area contributed by atoms with Crippen LogP contribution >= 0.6 is 23.1 Å². The third kappa shape index (κ3) is 4.21. The molecule has 0 unspecified atom stereocenters. The lowest BCUT2D eigenvalue weighted by atomic mass is 10.1. The van der Waals surface area contributed by atoms with E-state index in [0.29, 0.717) is 23.0 Å². The molecule has 2 amide bonds. The van der Waals surface area contributed by atoms with Crippen LogP contribution in [0.1, 0.15) is 30.7 Å².